The quantitative estimate of drug-likeness (QED) is 0.820. The Balaban J connectivity index is 2.94. The van der Waals surface area contributed by atoms with E-state index >= 15 is 0 Å². The molecule has 0 amide bonds. The van der Waals surface area contributed by atoms with Crippen LogP contribution in [0.25, 0.3) is 0 Å². The highest BCUT2D eigenvalue weighted by atomic mass is 19.3. The monoisotopic (exact) mass is 217 g/mol. The minimum Gasteiger partial charge on any atom is -0.330 e. The molecular formula is C10H17F2N3. The SMILES string of the molecule is CCNC(c1cncn1C(C)C)C(F)F. The molecule has 1 aromatic heterocycles. The van der Waals surface area contributed by atoms with E-state index in [4.69, 9.17) is 0 Å². The normalized spacial score (nSPS) is 13.8. The van der Waals surface area contributed by atoms with Crippen molar-refractivity contribution in [2.75, 3.05) is 6.54 Å². The molecule has 0 radical (unpaired) electrons. The first-order chi connectivity index (χ1) is 7.07. The second-order valence-corrected chi connectivity index (χ2v) is 3.69. The van der Waals surface area contributed by atoms with Crippen molar-refractivity contribution in [1.82, 2.24) is 14.9 Å². The molecule has 0 fully saturated rings. The van der Waals surface area contributed by atoms with Gasteiger partial charge in [-0.3, -0.25) is 0 Å². The van der Waals surface area contributed by atoms with E-state index in [1.807, 2.05) is 20.8 Å². The van der Waals surface area contributed by atoms with Gasteiger partial charge in [0.1, 0.15) is 6.04 Å². The van der Waals surface area contributed by atoms with E-state index < -0.39 is 12.5 Å². The lowest BCUT2D eigenvalue weighted by atomic mass is 10.2. The van der Waals surface area contributed by atoms with Crippen LogP contribution >= 0.6 is 0 Å². The van der Waals surface area contributed by atoms with Crippen molar-refractivity contribution in [2.24, 2.45) is 0 Å². The summed E-state index contributed by atoms with van der Waals surface area (Å²) in [4.78, 5) is 3.92. The molecule has 0 saturated carbocycles. The van der Waals surface area contributed by atoms with E-state index in [0.29, 0.717) is 12.2 Å². The molecular weight excluding hydrogens is 200 g/mol. The Morgan fingerprint density at radius 1 is 1.47 bits per heavy atom. The van der Waals surface area contributed by atoms with Gasteiger partial charge in [0.05, 0.1) is 12.0 Å². The molecule has 0 saturated heterocycles. The summed E-state index contributed by atoms with van der Waals surface area (Å²) in [7, 11) is 0. The van der Waals surface area contributed by atoms with Crippen molar-refractivity contribution in [2.45, 2.75) is 39.3 Å². The maximum absolute atomic E-state index is 12.8. The van der Waals surface area contributed by atoms with Crippen LogP contribution in [0.4, 0.5) is 8.78 Å². The number of hydrogen-bond donors (Lipinski definition) is 1. The lowest BCUT2D eigenvalue weighted by Gasteiger charge is -2.20. The molecule has 1 rings (SSSR count). The smallest absolute Gasteiger partial charge is 0.259 e. The van der Waals surface area contributed by atoms with Crippen LogP contribution in [-0.2, 0) is 0 Å². The fraction of sp³-hybridized carbons (Fsp3) is 0.700. The molecule has 3 nitrogen and oxygen atoms in total. The number of rotatable bonds is 5. The van der Waals surface area contributed by atoms with Gasteiger partial charge in [0.15, 0.2) is 0 Å². The summed E-state index contributed by atoms with van der Waals surface area (Å²) in [5, 5.41) is 2.77. The molecule has 1 aromatic rings. The van der Waals surface area contributed by atoms with E-state index in [1.165, 1.54) is 6.20 Å². The standard InChI is InChI=1S/C10H17F2N3/c1-4-14-9(10(11)12)8-5-13-6-15(8)7(2)3/h5-7,9-10,14H,4H2,1-3H3. The topological polar surface area (TPSA) is 29.9 Å². The van der Waals surface area contributed by atoms with Crippen LogP contribution in [0.1, 0.15) is 38.5 Å². The summed E-state index contributed by atoms with van der Waals surface area (Å²) in [5.41, 5.74) is 0.543. The van der Waals surface area contributed by atoms with E-state index in [2.05, 4.69) is 10.3 Å². The minimum atomic E-state index is -2.42. The highest BCUT2D eigenvalue weighted by Crippen LogP contribution is 2.22. The Morgan fingerprint density at radius 2 is 2.13 bits per heavy atom. The molecule has 0 bridgehead atoms. The zero-order valence-corrected chi connectivity index (χ0v) is 9.24. The first-order valence-corrected chi connectivity index (χ1v) is 5.11. The molecule has 5 heteroatoms. The molecule has 15 heavy (non-hydrogen) atoms. The molecule has 1 heterocycles. The lowest BCUT2D eigenvalue weighted by Crippen LogP contribution is -2.29. The summed E-state index contributed by atoms with van der Waals surface area (Å²) in [5.74, 6) is 0. The fourth-order valence-corrected chi connectivity index (χ4v) is 1.53. The number of nitrogens with one attached hydrogen (secondary N) is 1. The molecule has 0 aromatic carbocycles. The van der Waals surface area contributed by atoms with Crippen LogP contribution in [-0.4, -0.2) is 22.5 Å². The highest BCUT2D eigenvalue weighted by molar-refractivity contribution is 5.07. The molecule has 1 unspecified atom stereocenters. The zero-order valence-electron chi connectivity index (χ0n) is 9.24. The Labute approximate surface area is 88.5 Å². The third-order valence-corrected chi connectivity index (χ3v) is 2.25. The van der Waals surface area contributed by atoms with Crippen LogP contribution in [0.2, 0.25) is 0 Å². The lowest BCUT2D eigenvalue weighted by molar-refractivity contribution is 0.0952. The summed E-state index contributed by atoms with van der Waals surface area (Å²) in [6.07, 6.45) is 0.672. The van der Waals surface area contributed by atoms with Crippen molar-refractivity contribution >= 4 is 0 Å². The van der Waals surface area contributed by atoms with Crippen LogP contribution < -0.4 is 5.32 Å². The second kappa shape index (κ2) is 5.21. The van der Waals surface area contributed by atoms with Gasteiger partial charge in [0.2, 0.25) is 0 Å². The van der Waals surface area contributed by atoms with Crippen LogP contribution in [0.5, 0.6) is 0 Å². The maximum Gasteiger partial charge on any atom is 0.259 e. The summed E-state index contributed by atoms with van der Waals surface area (Å²) >= 11 is 0. The van der Waals surface area contributed by atoms with Gasteiger partial charge in [-0.25, -0.2) is 13.8 Å². The largest absolute Gasteiger partial charge is 0.330 e. The molecule has 0 aliphatic carbocycles. The number of aromatic nitrogens is 2. The third kappa shape index (κ3) is 2.75. The maximum atomic E-state index is 12.8. The molecule has 1 N–H and O–H groups in total. The molecule has 1 atom stereocenters. The molecule has 0 aliphatic rings. The average Bonchev–Trinajstić information content (AvgIpc) is 2.61. The highest BCUT2D eigenvalue weighted by Gasteiger charge is 2.25. The van der Waals surface area contributed by atoms with Crippen LogP contribution in [0.15, 0.2) is 12.5 Å². The summed E-state index contributed by atoms with van der Waals surface area (Å²) in [6.45, 7) is 6.21. The fourth-order valence-electron chi connectivity index (χ4n) is 1.53. The first kappa shape index (κ1) is 12.1. The predicted octanol–water partition coefficient (Wildman–Crippen LogP) is 2.38. The Kier molecular flexibility index (Phi) is 4.20. The van der Waals surface area contributed by atoms with Gasteiger partial charge in [-0.15, -0.1) is 0 Å². The number of halogens is 2. The molecule has 0 aliphatic heterocycles. The number of imidazole rings is 1. The molecule has 0 spiro atoms. The number of hydrogen-bond acceptors (Lipinski definition) is 2. The van der Waals surface area contributed by atoms with Gasteiger partial charge < -0.3 is 9.88 Å². The van der Waals surface area contributed by atoms with Crippen molar-refractivity contribution < 1.29 is 8.78 Å². The van der Waals surface area contributed by atoms with Crippen molar-refractivity contribution in [3.8, 4) is 0 Å². The van der Waals surface area contributed by atoms with E-state index in [1.54, 1.807) is 10.9 Å². The van der Waals surface area contributed by atoms with Crippen LogP contribution in [0.3, 0.4) is 0 Å². The zero-order chi connectivity index (χ0) is 11.4. The van der Waals surface area contributed by atoms with Gasteiger partial charge in [-0.1, -0.05) is 6.92 Å². The van der Waals surface area contributed by atoms with Crippen molar-refractivity contribution in [1.29, 1.82) is 0 Å². The average molecular weight is 217 g/mol. The third-order valence-electron chi connectivity index (χ3n) is 2.25. The Bertz CT molecular complexity index is 297. The minimum absolute atomic E-state index is 0.141. The Hall–Kier alpha value is -0.970. The number of nitrogens with zero attached hydrogens (tertiary/aromatic N) is 2. The predicted molar refractivity (Wildman–Crippen MR) is 55.0 cm³/mol. The number of alkyl halides is 2. The van der Waals surface area contributed by atoms with E-state index in [9.17, 15) is 8.78 Å². The first-order valence-electron chi connectivity index (χ1n) is 5.11. The Morgan fingerprint density at radius 3 is 2.60 bits per heavy atom. The molecule has 86 valence electrons. The van der Waals surface area contributed by atoms with Gasteiger partial charge in [-0.05, 0) is 20.4 Å². The second-order valence-electron chi connectivity index (χ2n) is 3.69. The van der Waals surface area contributed by atoms with Crippen molar-refractivity contribution in [3.05, 3.63) is 18.2 Å². The van der Waals surface area contributed by atoms with Gasteiger partial charge in [0, 0.05) is 12.2 Å². The van der Waals surface area contributed by atoms with Gasteiger partial charge in [-0.2, -0.15) is 0 Å². The van der Waals surface area contributed by atoms with Crippen LogP contribution in [0, 0.1) is 0 Å². The van der Waals surface area contributed by atoms with Crippen molar-refractivity contribution in [3.63, 3.8) is 0 Å². The summed E-state index contributed by atoms with van der Waals surface area (Å²) < 4.78 is 27.3. The van der Waals surface area contributed by atoms with Gasteiger partial charge in [0.25, 0.3) is 6.43 Å². The van der Waals surface area contributed by atoms with E-state index in [-0.39, 0.29) is 6.04 Å². The van der Waals surface area contributed by atoms with Gasteiger partial charge >= 0.3 is 0 Å². The van der Waals surface area contributed by atoms with E-state index in [0.717, 1.165) is 0 Å². The summed E-state index contributed by atoms with van der Waals surface area (Å²) in [6, 6.07) is -0.790.